The van der Waals surface area contributed by atoms with E-state index in [0.717, 1.165) is 17.8 Å². The maximum Gasteiger partial charge on any atom is 0.246 e. The first-order chi connectivity index (χ1) is 12.8. The van der Waals surface area contributed by atoms with Crippen LogP contribution in [0.1, 0.15) is 51.9 Å². The summed E-state index contributed by atoms with van der Waals surface area (Å²) in [6, 6.07) is -0.210. The molecule has 1 amide bonds. The zero-order valence-electron chi connectivity index (χ0n) is 16.7. The number of amides is 1. The number of hydrogen-bond donors (Lipinski definition) is 0. The summed E-state index contributed by atoms with van der Waals surface area (Å²) in [5.74, 6) is 2.79. The van der Waals surface area contributed by atoms with Crippen molar-refractivity contribution in [1.29, 1.82) is 0 Å². The number of methoxy groups -OCH3 is 1. The monoisotopic (exact) mass is 395 g/mol. The van der Waals surface area contributed by atoms with Gasteiger partial charge in [-0.15, -0.1) is 0 Å². The van der Waals surface area contributed by atoms with E-state index in [9.17, 15) is 13.2 Å². The van der Waals surface area contributed by atoms with Crippen LogP contribution in [0.2, 0.25) is 0 Å². The molecule has 1 saturated heterocycles. The predicted molar refractivity (Wildman–Crippen MR) is 105 cm³/mol. The minimum atomic E-state index is -3.02. The molecule has 0 aromatic rings. The highest BCUT2D eigenvalue weighted by molar-refractivity contribution is 7.91. The molecule has 0 N–H and O–H groups in total. The van der Waals surface area contributed by atoms with Crippen LogP contribution < -0.4 is 0 Å². The first kappa shape index (κ1) is 19.4. The van der Waals surface area contributed by atoms with Crippen LogP contribution in [0.15, 0.2) is 11.6 Å². The van der Waals surface area contributed by atoms with Crippen LogP contribution in [0.4, 0.5) is 0 Å². The Bertz CT molecular complexity index is 691. The quantitative estimate of drug-likeness (QED) is 0.649. The molecule has 0 aromatic heterocycles. The zero-order chi connectivity index (χ0) is 19.2. The Balaban J connectivity index is 1.52. The normalized spacial score (nSPS) is 39.7. The Labute approximate surface area is 163 Å². The minimum absolute atomic E-state index is 0.0256. The maximum absolute atomic E-state index is 13.1. The number of sulfone groups is 1. The summed E-state index contributed by atoms with van der Waals surface area (Å²) in [6.07, 6.45) is 10.3. The molecule has 0 radical (unpaired) electrons. The van der Waals surface area contributed by atoms with Gasteiger partial charge in [0.05, 0.1) is 18.1 Å². The third-order valence-corrected chi connectivity index (χ3v) is 9.43. The number of hydrogen-bond acceptors (Lipinski definition) is 4. The van der Waals surface area contributed by atoms with Crippen LogP contribution in [0, 0.1) is 23.2 Å². The lowest BCUT2D eigenvalue weighted by Gasteiger charge is -2.57. The van der Waals surface area contributed by atoms with Gasteiger partial charge in [-0.2, -0.15) is 0 Å². The second kappa shape index (κ2) is 7.18. The summed E-state index contributed by atoms with van der Waals surface area (Å²) in [5, 5.41) is 0. The standard InChI is InChI=1S/C21H33NO4S/c1-15(21-11-16-8-17(12-21)10-18(9-16)13-21)7-20(23)22(4-5-26-2)19-3-6-27(24,25)14-19/h7,16-19H,3-6,8-14H2,1-2H3. The molecule has 1 aliphatic heterocycles. The second-order valence-electron chi connectivity index (χ2n) is 9.61. The van der Waals surface area contributed by atoms with E-state index in [-0.39, 0.29) is 28.9 Å². The average Bonchev–Trinajstić information content (AvgIpc) is 2.93. The highest BCUT2D eigenvalue weighted by Gasteiger charge is 2.51. The Kier molecular flexibility index (Phi) is 5.17. The lowest BCUT2D eigenvalue weighted by molar-refractivity contribution is -0.128. The van der Waals surface area contributed by atoms with Gasteiger partial charge in [0.2, 0.25) is 5.91 Å². The minimum Gasteiger partial charge on any atom is -0.383 e. The summed E-state index contributed by atoms with van der Waals surface area (Å²) in [6.45, 7) is 3.04. The number of carbonyl (C=O) groups excluding carboxylic acids is 1. The molecule has 4 aliphatic carbocycles. The average molecular weight is 396 g/mol. The third-order valence-electron chi connectivity index (χ3n) is 7.68. The maximum atomic E-state index is 13.1. The highest BCUT2D eigenvalue weighted by atomic mass is 32.2. The Hall–Kier alpha value is -0.880. The molecule has 1 atom stereocenters. The molecule has 6 heteroatoms. The number of allylic oxidation sites excluding steroid dienone is 1. The molecular weight excluding hydrogens is 362 g/mol. The van der Waals surface area contributed by atoms with Gasteiger partial charge in [0, 0.05) is 25.8 Å². The fraction of sp³-hybridized carbons (Fsp3) is 0.857. The molecule has 0 spiro atoms. The lowest BCUT2D eigenvalue weighted by Crippen LogP contribution is -2.47. The fourth-order valence-electron chi connectivity index (χ4n) is 6.70. The van der Waals surface area contributed by atoms with Crippen molar-refractivity contribution < 1.29 is 17.9 Å². The van der Waals surface area contributed by atoms with Crippen molar-refractivity contribution in [3.8, 4) is 0 Å². The number of rotatable bonds is 6. The molecule has 5 nitrogen and oxygen atoms in total. The highest BCUT2D eigenvalue weighted by Crippen LogP contribution is 2.62. The predicted octanol–water partition coefficient (Wildman–Crippen LogP) is 2.81. The van der Waals surface area contributed by atoms with E-state index in [1.165, 1.54) is 44.1 Å². The van der Waals surface area contributed by atoms with Crippen LogP contribution in [-0.2, 0) is 19.4 Å². The summed E-state index contributed by atoms with van der Waals surface area (Å²) in [7, 11) is -1.40. The van der Waals surface area contributed by atoms with Crippen LogP contribution in [-0.4, -0.2) is 57.0 Å². The van der Waals surface area contributed by atoms with Gasteiger partial charge in [0.15, 0.2) is 9.84 Å². The van der Waals surface area contributed by atoms with E-state index in [4.69, 9.17) is 4.74 Å². The molecule has 5 fully saturated rings. The number of carbonyl (C=O) groups is 1. The Morgan fingerprint density at radius 1 is 1.15 bits per heavy atom. The van der Waals surface area contributed by atoms with Crippen LogP contribution >= 0.6 is 0 Å². The molecule has 4 bridgehead atoms. The van der Waals surface area contributed by atoms with Crippen LogP contribution in [0.25, 0.3) is 0 Å². The van der Waals surface area contributed by atoms with Crippen molar-refractivity contribution in [2.24, 2.45) is 23.2 Å². The van der Waals surface area contributed by atoms with Crippen molar-refractivity contribution in [3.63, 3.8) is 0 Å². The van der Waals surface area contributed by atoms with E-state index in [0.29, 0.717) is 19.6 Å². The van der Waals surface area contributed by atoms with E-state index in [2.05, 4.69) is 6.92 Å². The van der Waals surface area contributed by atoms with E-state index in [1.807, 2.05) is 6.08 Å². The first-order valence-corrected chi connectivity index (χ1v) is 12.3. The number of nitrogens with zero attached hydrogens (tertiary/aromatic N) is 1. The van der Waals surface area contributed by atoms with Gasteiger partial charge in [-0.1, -0.05) is 5.57 Å². The molecule has 4 saturated carbocycles. The Morgan fingerprint density at radius 2 is 1.74 bits per heavy atom. The second-order valence-corrected chi connectivity index (χ2v) is 11.8. The molecule has 27 heavy (non-hydrogen) atoms. The molecule has 0 aromatic carbocycles. The van der Waals surface area contributed by atoms with Crippen LogP contribution in [0.3, 0.4) is 0 Å². The van der Waals surface area contributed by atoms with Gasteiger partial charge in [-0.25, -0.2) is 8.42 Å². The lowest BCUT2D eigenvalue weighted by atomic mass is 9.48. The number of ether oxygens (including phenoxy) is 1. The molecule has 152 valence electrons. The summed E-state index contributed by atoms with van der Waals surface area (Å²) in [4.78, 5) is 14.9. The van der Waals surface area contributed by atoms with Gasteiger partial charge in [0.1, 0.15) is 0 Å². The smallest absolute Gasteiger partial charge is 0.246 e. The molecule has 5 rings (SSSR count). The summed E-state index contributed by atoms with van der Waals surface area (Å²) >= 11 is 0. The first-order valence-electron chi connectivity index (χ1n) is 10.5. The van der Waals surface area contributed by atoms with Gasteiger partial charge in [-0.3, -0.25) is 4.79 Å². The third kappa shape index (κ3) is 3.84. The van der Waals surface area contributed by atoms with Crippen LogP contribution in [0.5, 0.6) is 0 Å². The molecule has 5 aliphatic rings. The van der Waals surface area contributed by atoms with Crippen molar-refractivity contribution >= 4 is 15.7 Å². The van der Waals surface area contributed by atoms with Crippen molar-refractivity contribution in [1.82, 2.24) is 4.90 Å². The summed E-state index contributed by atoms with van der Waals surface area (Å²) < 4.78 is 29.0. The van der Waals surface area contributed by atoms with Gasteiger partial charge in [-0.05, 0) is 75.0 Å². The van der Waals surface area contributed by atoms with E-state index >= 15 is 0 Å². The van der Waals surface area contributed by atoms with Crippen molar-refractivity contribution in [2.45, 2.75) is 57.9 Å². The van der Waals surface area contributed by atoms with E-state index in [1.54, 1.807) is 12.0 Å². The Morgan fingerprint density at radius 3 is 2.22 bits per heavy atom. The fourth-order valence-corrected chi connectivity index (χ4v) is 8.43. The molecule has 1 unspecified atom stereocenters. The van der Waals surface area contributed by atoms with Gasteiger partial charge in [0.25, 0.3) is 0 Å². The topological polar surface area (TPSA) is 63.7 Å². The SMILES string of the molecule is COCCN(C(=O)C=C(C)C12CC3CC(CC(C3)C1)C2)C1CCS(=O)(=O)C1. The van der Waals surface area contributed by atoms with Gasteiger partial charge >= 0.3 is 0 Å². The van der Waals surface area contributed by atoms with E-state index < -0.39 is 9.84 Å². The van der Waals surface area contributed by atoms with Crippen molar-refractivity contribution in [3.05, 3.63) is 11.6 Å². The van der Waals surface area contributed by atoms with Crippen molar-refractivity contribution in [2.75, 3.05) is 31.8 Å². The zero-order valence-corrected chi connectivity index (χ0v) is 17.5. The summed E-state index contributed by atoms with van der Waals surface area (Å²) in [5.41, 5.74) is 1.45. The largest absolute Gasteiger partial charge is 0.383 e. The molecular formula is C21H33NO4S. The molecule has 1 heterocycles. The van der Waals surface area contributed by atoms with Gasteiger partial charge < -0.3 is 9.64 Å².